The Morgan fingerprint density at radius 3 is 2.92 bits per heavy atom. The first kappa shape index (κ1) is 9.49. The van der Waals surface area contributed by atoms with Gasteiger partial charge < -0.3 is 5.73 Å². The Labute approximate surface area is 77.8 Å². The molecule has 1 rings (SSSR count). The number of hydrogen-bond acceptors (Lipinski definition) is 2. The van der Waals surface area contributed by atoms with Crippen molar-refractivity contribution in [2.45, 2.75) is 19.3 Å². The number of aromatic nitrogens is 1. The van der Waals surface area contributed by atoms with Gasteiger partial charge in [-0.1, -0.05) is 11.6 Å². The summed E-state index contributed by atoms with van der Waals surface area (Å²) in [5.74, 6) is 0. The molecule has 2 N–H and O–H groups in total. The third-order valence-electron chi connectivity index (χ3n) is 1.70. The topological polar surface area (TPSA) is 38.9 Å². The molecule has 0 fully saturated rings. The molecule has 0 atom stereocenters. The van der Waals surface area contributed by atoms with Crippen LogP contribution < -0.4 is 5.73 Å². The Hall–Kier alpha value is -0.600. The van der Waals surface area contributed by atoms with Gasteiger partial charge in [0.15, 0.2) is 0 Å². The quantitative estimate of drug-likeness (QED) is 0.728. The second-order valence-corrected chi connectivity index (χ2v) is 3.08. The molecule has 0 bridgehead atoms. The lowest BCUT2D eigenvalue weighted by molar-refractivity contribution is 0.733. The maximum absolute atomic E-state index is 5.91. The predicted octanol–water partition coefficient (Wildman–Crippen LogP) is 2.02. The van der Waals surface area contributed by atoms with Crippen molar-refractivity contribution in [1.82, 2.24) is 4.98 Å². The lowest BCUT2D eigenvalue weighted by atomic mass is 10.2. The van der Waals surface area contributed by atoms with Crippen LogP contribution in [-0.2, 0) is 6.42 Å². The molecular weight excluding hydrogens is 172 g/mol. The number of hydrogen-bond donors (Lipinski definition) is 1. The third kappa shape index (κ3) is 2.80. The van der Waals surface area contributed by atoms with Crippen LogP contribution >= 0.6 is 11.6 Å². The van der Waals surface area contributed by atoms with E-state index in [0.29, 0.717) is 0 Å². The van der Waals surface area contributed by atoms with E-state index < -0.39 is 0 Å². The van der Waals surface area contributed by atoms with E-state index in [1.807, 2.05) is 12.1 Å². The van der Waals surface area contributed by atoms with E-state index in [2.05, 4.69) is 4.98 Å². The van der Waals surface area contributed by atoms with Crippen LogP contribution in [0.25, 0.3) is 0 Å². The summed E-state index contributed by atoms with van der Waals surface area (Å²) < 4.78 is 0. The Morgan fingerprint density at radius 1 is 1.42 bits per heavy atom. The molecule has 1 aromatic heterocycles. The van der Waals surface area contributed by atoms with E-state index in [1.54, 1.807) is 6.20 Å². The van der Waals surface area contributed by atoms with Gasteiger partial charge in [0.2, 0.25) is 0 Å². The highest BCUT2D eigenvalue weighted by Gasteiger charge is 1.98. The zero-order valence-corrected chi connectivity index (χ0v) is 7.72. The average Bonchev–Trinajstić information content (AvgIpc) is 2.09. The second-order valence-electron chi connectivity index (χ2n) is 2.68. The van der Waals surface area contributed by atoms with Crippen molar-refractivity contribution in [3.63, 3.8) is 0 Å². The van der Waals surface area contributed by atoms with Crippen LogP contribution in [-0.4, -0.2) is 11.5 Å². The number of rotatable bonds is 4. The van der Waals surface area contributed by atoms with Gasteiger partial charge in [0.1, 0.15) is 0 Å². The van der Waals surface area contributed by atoms with E-state index >= 15 is 0 Å². The van der Waals surface area contributed by atoms with Gasteiger partial charge in [0, 0.05) is 6.20 Å². The van der Waals surface area contributed by atoms with Crippen LogP contribution in [0.5, 0.6) is 0 Å². The first-order valence-corrected chi connectivity index (χ1v) is 4.52. The summed E-state index contributed by atoms with van der Waals surface area (Å²) in [5, 5.41) is 0.759. The van der Waals surface area contributed by atoms with Crippen LogP contribution in [0.1, 0.15) is 18.5 Å². The minimum atomic E-state index is 0.741. The highest BCUT2D eigenvalue weighted by molar-refractivity contribution is 6.31. The van der Waals surface area contributed by atoms with E-state index in [9.17, 15) is 0 Å². The molecule has 0 aliphatic heterocycles. The van der Waals surface area contributed by atoms with Crippen LogP contribution in [0.2, 0.25) is 5.02 Å². The summed E-state index contributed by atoms with van der Waals surface area (Å²) >= 11 is 5.91. The largest absolute Gasteiger partial charge is 0.330 e. The number of unbranched alkanes of at least 4 members (excludes halogenated alkanes) is 1. The second kappa shape index (κ2) is 5.12. The minimum Gasteiger partial charge on any atom is -0.330 e. The van der Waals surface area contributed by atoms with Crippen molar-refractivity contribution in [3.8, 4) is 0 Å². The number of nitrogens with two attached hydrogens (primary N) is 1. The Morgan fingerprint density at radius 2 is 2.25 bits per heavy atom. The van der Waals surface area contributed by atoms with Crippen molar-refractivity contribution in [3.05, 3.63) is 29.0 Å². The molecule has 0 saturated carbocycles. The summed E-state index contributed by atoms with van der Waals surface area (Å²) in [5.41, 5.74) is 6.36. The smallest absolute Gasteiger partial charge is 0.0621 e. The summed E-state index contributed by atoms with van der Waals surface area (Å²) in [6.45, 7) is 0.741. The fourth-order valence-electron chi connectivity index (χ4n) is 1.04. The summed E-state index contributed by atoms with van der Waals surface area (Å²) in [6, 6.07) is 3.71. The van der Waals surface area contributed by atoms with E-state index in [0.717, 1.165) is 36.5 Å². The molecule has 0 saturated heterocycles. The monoisotopic (exact) mass is 184 g/mol. The fourth-order valence-corrected chi connectivity index (χ4v) is 1.26. The van der Waals surface area contributed by atoms with Crippen LogP contribution in [0, 0.1) is 0 Å². The molecule has 0 aliphatic carbocycles. The molecule has 1 heterocycles. The molecule has 0 amide bonds. The standard InChI is InChI=1S/C9H13ClN2/c10-8-4-3-7-12-9(8)5-1-2-6-11/h3-4,7H,1-2,5-6,11H2. The Kier molecular flexibility index (Phi) is 4.05. The van der Waals surface area contributed by atoms with Gasteiger partial charge in [-0.2, -0.15) is 0 Å². The molecule has 66 valence electrons. The molecule has 2 nitrogen and oxygen atoms in total. The van der Waals surface area contributed by atoms with Crippen molar-refractivity contribution in [2.24, 2.45) is 5.73 Å². The van der Waals surface area contributed by atoms with Gasteiger partial charge in [-0.15, -0.1) is 0 Å². The molecule has 0 aromatic carbocycles. The van der Waals surface area contributed by atoms with Gasteiger partial charge in [-0.25, -0.2) is 0 Å². The van der Waals surface area contributed by atoms with Gasteiger partial charge in [0.05, 0.1) is 10.7 Å². The molecule has 12 heavy (non-hydrogen) atoms. The number of halogens is 1. The first-order chi connectivity index (χ1) is 5.84. The summed E-state index contributed by atoms with van der Waals surface area (Å²) in [7, 11) is 0. The van der Waals surface area contributed by atoms with Crippen molar-refractivity contribution >= 4 is 11.6 Å². The number of aryl methyl sites for hydroxylation is 1. The van der Waals surface area contributed by atoms with Crippen molar-refractivity contribution in [1.29, 1.82) is 0 Å². The highest BCUT2D eigenvalue weighted by atomic mass is 35.5. The molecule has 0 spiro atoms. The normalized spacial score (nSPS) is 10.2. The van der Waals surface area contributed by atoms with Crippen molar-refractivity contribution < 1.29 is 0 Å². The molecule has 3 heteroatoms. The summed E-state index contributed by atoms with van der Waals surface area (Å²) in [4.78, 5) is 4.18. The van der Waals surface area contributed by atoms with Gasteiger partial charge in [-0.05, 0) is 37.9 Å². The predicted molar refractivity (Wildman–Crippen MR) is 51.2 cm³/mol. The molecule has 1 aromatic rings. The third-order valence-corrected chi connectivity index (χ3v) is 2.05. The first-order valence-electron chi connectivity index (χ1n) is 4.14. The van der Waals surface area contributed by atoms with Crippen LogP contribution in [0.15, 0.2) is 18.3 Å². The van der Waals surface area contributed by atoms with Crippen LogP contribution in [0.4, 0.5) is 0 Å². The van der Waals surface area contributed by atoms with Crippen LogP contribution in [0.3, 0.4) is 0 Å². The van der Waals surface area contributed by atoms with E-state index in [-0.39, 0.29) is 0 Å². The van der Waals surface area contributed by atoms with E-state index in [4.69, 9.17) is 17.3 Å². The average molecular weight is 185 g/mol. The summed E-state index contributed by atoms with van der Waals surface area (Å²) in [6.07, 6.45) is 4.79. The molecule has 0 radical (unpaired) electrons. The SMILES string of the molecule is NCCCCc1ncccc1Cl. The Balaban J connectivity index is 2.46. The number of pyridine rings is 1. The van der Waals surface area contributed by atoms with E-state index in [1.165, 1.54) is 0 Å². The minimum absolute atomic E-state index is 0.741. The van der Waals surface area contributed by atoms with Gasteiger partial charge in [-0.3, -0.25) is 4.98 Å². The Bertz CT molecular complexity index is 238. The molecule has 0 aliphatic rings. The number of nitrogens with zero attached hydrogens (tertiary/aromatic N) is 1. The van der Waals surface area contributed by atoms with Gasteiger partial charge in [0.25, 0.3) is 0 Å². The highest BCUT2D eigenvalue weighted by Crippen LogP contribution is 2.13. The zero-order chi connectivity index (χ0) is 8.81. The zero-order valence-electron chi connectivity index (χ0n) is 6.96. The molecule has 0 unspecified atom stereocenters. The fraction of sp³-hybridized carbons (Fsp3) is 0.444. The van der Waals surface area contributed by atoms with Gasteiger partial charge >= 0.3 is 0 Å². The maximum Gasteiger partial charge on any atom is 0.0621 e. The maximum atomic E-state index is 5.91. The lowest BCUT2D eigenvalue weighted by Crippen LogP contribution is -1.99. The lowest BCUT2D eigenvalue weighted by Gasteiger charge is -2.00. The molecular formula is C9H13ClN2. The van der Waals surface area contributed by atoms with Crippen molar-refractivity contribution in [2.75, 3.05) is 6.54 Å².